The summed E-state index contributed by atoms with van der Waals surface area (Å²) in [5.41, 5.74) is 12.3. The highest BCUT2D eigenvalue weighted by atomic mass is 35.5. The van der Waals surface area contributed by atoms with Gasteiger partial charge in [-0.05, 0) is 312 Å². The Morgan fingerprint density at radius 3 is 0.797 bits per heavy atom. The lowest BCUT2D eigenvalue weighted by Gasteiger charge is -2.06. The second-order valence-electron chi connectivity index (χ2n) is 33.6. The Hall–Kier alpha value is -11.4. The van der Waals surface area contributed by atoms with Gasteiger partial charge in [0.25, 0.3) is 0 Å². The molecule has 8 aromatic heterocycles. The Balaban J connectivity index is 0.000000173. The quantitative estimate of drug-likeness (QED) is 0.0260. The Kier molecular flexibility index (Phi) is 47.9. The van der Waals surface area contributed by atoms with Crippen molar-refractivity contribution in [2.24, 2.45) is 0 Å². The smallest absolute Gasteiger partial charge is 0.176 e. The van der Waals surface area contributed by atoms with Gasteiger partial charge >= 0.3 is 0 Å². The van der Waals surface area contributed by atoms with Crippen molar-refractivity contribution < 1.29 is 69.1 Å². The monoisotopic (exact) mass is 2260 g/mol. The van der Waals surface area contributed by atoms with E-state index in [-0.39, 0.29) is 157 Å². The van der Waals surface area contributed by atoms with E-state index in [1.54, 1.807) is 81.4 Å². The highest BCUT2D eigenvalue weighted by molar-refractivity contribution is 7.10. The van der Waals surface area contributed by atoms with Crippen LogP contribution in [0.4, 0.5) is 30.7 Å². The van der Waals surface area contributed by atoms with Crippen LogP contribution >= 0.6 is 150 Å². The van der Waals surface area contributed by atoms with Crippen molar-refractivity contribution in [2.45, 2.75) is 209 Å². The predicted octanol–water partition coefficient (Wildman–Crippen LogP) is 28.2. The lowest BCUT2D eigenvalue weighted by Crippen LogP contribution is -2.05. The summed E-state index contributed by atoms with van der Waals surface area (Å²) in [7, 11) is 0. The van der Waals surface area contributed by atoms with Crippen LogP contribution in [0.1, 0.15) is 282 Å². The van der Waals surface area contributed by atoms with Crippen molar-refractivity contribution in [3.63, 3.8) is 0 Å². The lowest BCUT2D eigenvalue weighted by molar-refractivity contribution is 0.0977. The van der Waals surface area contributed by atoms with Gasteiger partial charge in [0, 0.05) is 116 Å². The lowest BCUT2D eigenvalue weighted by atomic mass is 10.0. The maximum Gasteiger partial charge on any atom is 0.176 e. The van der Waals surface area contributed by atoms with Crippen LogP contribution in [0.5, 0.6) is 0 Å². The molecule has 148 heavy (non-hydrogen) atoms. The van der Waals surface area contributed by atoms with E-state index in [1.807, 2.05) is 58.9 Å². The summed E-state index contributed by atoms with van der Waals surface area (Å²) in [6, 6.07) is 42.6. The Morgan fingerprint density at radius 1 is 0.277 bits per heavy atom. The Bertz CT molecular complexity index is 6670. The second-order valence-corrected chi connectivity index (χ2v) is 41.6. The topological polar surface area (TPSA) is 343 Å². The van der Waals surface area contributed by atoms with Gasteiger partial charge in [-0.15, -0.1) is 40.8 Å². The third-order valence-corrected chi connectivity index (χ3v) is 31.1. The number of hydrogen-bond donors (Lipinski definition) is 0. The van der Waals surface area contributed by atoms with E-state index in [9.17, 15) is 69.1 Å². The standard InChI is InChI=1S/C14H12ClFN2OS.2C14H14ClFN2OS.2C13H14N2OS.2C12H10ClFN2OS.C12H10F2N2OS/c15-10-2-1-3-11(16)9(10)6-7-12(19)14-13(8-4-5-8)17-18-20-14;1-8(2)13-14(20-18-17-13)12(19)7-6-9-10(15)4-3-5-11(9)16;1-2-4-12-14(20-18-17-12)13(19)8-7-9-10(15)5-3-6-11(9)16;2*1-9-5-3-4-6-11(9)7-8-12(16)13-10(2)14-15-17-13;3*1-7-12(18-16-15-7)11(17)6-5-8-9(13)3-2-4-10(8)14/h1-3,8H,4-7H2;3-5,8H,6-7H2,1-2H3;3,5-6H,2,4,7-8H2,1H3;2*3-6H,7-8H2,1-2H3;3*2-4H,5-6H2,1H3. The van der Waals surface area contributed by atoms with Gasteiger partial charge in [-0.2, -0.15) is 0 Å². The molecule has 17 rings (SSSR count). The number of nitrogens with zero attached hydrogens (tertiary/aromatic N) is 16. The average Bonchev–Trinajstić information content (AvgIpc) is 1.65. The zero-order chi connectivity index (χ0) is 107. The summed E-state index contributed by atoms with van der Waals surface area (Å²) in [5.74, 6) is -2.81. The summed E-state index contributed by atoms with van der Waals surface area (Å²) in [6.07, 6.45) is 8.93. The van der Waals surface area contributed by atoms with Crippen LogP contribution < -0.4 is 0 Å². The predicted molar refractivity (Wildman–Crippen MR) is 570 cm³/mol. The number of ketones is 8. The molecule has 16 aromatic rings. The number of benzene rings is 8. The maximum atomic E-state index is 13.6. The normalized spacial score (nSPS) is 11.2. The third-order valence-electron chi connectivity index (χ3n) is 22.6. The number of halogens is 12. The summed E-state index contributed by atoms with van der Waals surface area (Å²) in [5, 5.41) is 32.7. The molecule has 0 spiro atoms. The molecule has 0 amide bonds. The summed E-state index contributed by atoms with van der Waals surface area (Å²) >= 11 is 38.5. The number of hydrogen-bond acceptors (Lipinski definition) is 32. The minimum Gasteiger partial charge on any atom is -0.293 e. The van der Waals surface area contributed by atoms with E-state index in [0.29, 0.717) is 140 Å². The van der Waals surface area contributed by atoms with Crippen molar-refractivity contribution in [1.82, 2.24) is 76.7 Å². The molecule has 0 bridgehead atoms. The number of rotatable bonds is 36. The van der Waals surface area contributed by atoms with E-state index >= 15 is 0 Å². The first-order valence-electron chi connectivity index (χ1n) is 46.3. The van der Waals surface area contributed by atoms with Crippen LogP contribution in [0.15, 0.2) is 158 Å². The summed E-state index contributed by atoms with van der Waals surface area (Å²) in [4.78, 5) is 101. The molecular weight excluding hydrogens is 2170 g/mol. The zero-order valence-corrected chi connectivity index (χ0v) is 91.8. The molecule has 0 aliphatic heterocycles. The largest absolute Gasteiger partial charge is 0.293 e. The highest BCUT2D eigenvalue weighted by Crippen LogP contribution is 2.42. The van der Waals surface area contributed by atoms with Gasteiger partial charge in [0.15, 0.2) is 46.3 Å². The van der Waals surface area contributed by atoms with Crippen molar-refractivity contribution in [1.29, 1.82) is 0 Å². The molecule has 1 aliphatic carbocycles. The van der Waals surface area contributed by atoms with E-state index in [4.69, 9.17) is 58.0 Å². The van der Waals surface area contributed by atoms with Gasteiger partial charge < -0.3 is 0 Å². The molecule has 0 radical (unpaired) electrons. The Morgan fingerprint density at radius 2 is 0.514 bits per heavy atom. The average molecular weight is 2270 g/mol. The fourth-order valence-electron chi connectivity index (χ4n) is 14.3. The van der Waals surface area contributed by atoms with Crippen LogP contribution in [-0.4, -0.2) is 123 Å². The summed E-state index contributed by atoms with van der Waals surface area (Å²) < 4.78 is 125. The van der Waals surface area contributed by atoms with Crippen molar-refractivity contribution >= 4 is 197 Å². The molecule has 0 saturated heterocycles. The number of carbonyl (C=O) groups is 8. The van der Waals surface area contributed by atoms with Gasteiger partial charge in [-0.1, -0.05) is 206 Å². The van der Waals surface area contributed by atoms with Gasteiger partial charge in [0.05, 0.1) is 45.6 Å². The van der Waals surface area contributed by atoms with Gasteiger partial charge in [0.1, 0.15) is 79.7 Å². The zero-order valence-electron chi connectivity index (χ0n) is 81.5. The van der Waals surface area contributed by atoms with E-state index in [0.717, 1.165) is 130 Å². The molecule has 0 atom stereocenters. The van der Waals surface area contributed by atoms with Gasteiger partial charge in [-0.25, -0.2) is 30.7 Å². The van der Waals surface area contributed by atoms with E-state index in [1.165, 1.54) is 93.8 Å². The number of Topliss-reactive ketones (excluding diaryl/α,β-unsaturated/α-hetero) is 8. The number of aromatic nitrogens is 16. The van der Waals surface area contributed by atoms with Crippen molar-refractivity contribution in [3.8, 4) is 0 Å². The Labute approximate surface area is 907 Å². The fourth-order valence-corrected chi connectivity index (χ4v) is 20.9. The van der Waals surface area contributed by atoms with Crippen LogP contribution in [0.2, 0.25) is 25.1 Å². The second kappa shape index (κ2) is 59.8. The highest BCUT2D eigenvalue weighted by Gasteiger charge is 2.32. The van der Waals surface area contributed by atoms with Crippen LogP contribution in [-0.2, 0) is 57.8 Å². The van der Waals surface area contributed by atoms with Crippen LogP contribution in [0.25, 0.3) is 0 Å². The van der Waals surface area contributed by atoms with Gasteiger partial charge in [0.2, 0.25) is 0 Å². The molecule has 0 unspecified atom stereocenters. The van der Waals surface area contributed by atoms with E-state index < -0.39 is 11.6 Å². The third kappa shape index (κ3) is 35.4. The first-order valence-corrected chi connectivity index (χ1v) is 54.3. The molecular formula is C104H98Cl5F7N16O8S8. The molecule has 8 aromatic carbocycles. The number of carbonyl (C=O) groups excluding carboxylic acids is 8. The van der Waals surface area contributed by atoms with Gasteiger partial charge in [-0.3, -0.25) is 38.4 Å². The molecule has 1 saturated carbocycles. The molecule has 0 N–H and O–H groups in total. The fraction of sp³-hybridized carbons (Fsp3) is 0.308. The molecule has 8 heterocycles. The minimum absolute atomic E-state index is 0.0266. The molecule has 44 heteroatoms. The van der Waals surface area contributed by atoms with Crippen molar-refractivity contribution in [3.05, 3.63) is 364 Å². The summed E-state index contributed by atoms with van der Waals surface area (Å²) in [6.45, 7) is 18.9. The van der Waals surface area contributed by atoms with Crippen molar-refractivity contribution in [2.75, 3.05) is 0 Å². The first-order chi connectivity index (χ1) is 70.9. The maximum absolute atomic E-state index is 13.6. The first kappa shape index (κ1) is 118. The molecule has 774 valence electrons. The SMILES string of the molecule is CC(C)c1nnsc1C(=O)CCc1c(F)cccc1Cl.CCCc1nnsc1C(=O)CCc1c(F)cccc1Cl.Cc1ccccc1CCC(=O)c1snnc1C.Cc1ccccc1CCC(=O)c1snnc1C.Cc1nnsc1C(=O)CCc1c(F)cccc1Cl.Cc1nnsc1C(=O)CCc1c(F)cccc1Cl.Cc1nnsc1C(=O)CCc1c(F)cccc1F.O=C(CCc1c(F)cccc1Cl)c1snnc1C1CC1. The van der Waals surface area contributed by atoms with E-state index in [2.05, 4.69) is 115 Å². The van der Waals surface area contributed by atoms with Crippen LogP contribution in [0.3, 0.4) is 0 Å². The molecule has 1 aliphatic rings. The van der Waals surface area contributed by atoms with Crippen LogP contribution in [0, 0.1) is 89.2 Å². The molecule has 1 fully saturated rings. The number of aryl methyl sites for hydroxylation is 10. The minimum atomic E-state index is -0.623. The molecule has 24 nitrogen and oxygen atoms in total.